The number of carbonyl (C=O) groups excluding carboxylic acids is 1. The van der Waals surface area contributed by atoms with Gasteiger partial charge >= 0.3 is 0 Å². The van der Waals surface area contributed by atoms with Crippen molar-refractivity contribution in [1.82, 2.24) is 15.1 Å². The van der Waals surface area contributed by atoms with Crippen molar-refractivity contribution in [3.05, 3.63) is 0 Å². The highest BCUT2D eigenvalue weighted by atomic mass is 16.5. The summed E-state index contributed by atoms with van der Waals surface area (Å²) in [6.07, 6.45) is 5.58. The first-order valence-electron chi connectivity index (χ1n) is 11.9. The number of likely N-dealkylation sites (tertiary alicyclic amines) is 1. The highest BCUT2D eigenvalue weighted by Crippen LogP contribution is 2.55. The first-order chi connectivity index (χ1) is 15.3. The third-order valence-electron chi connectivity index (χ3n) is 7.45. The van der Waals surface area contributed by atoms with Crippen molar-refractivity contribution in [2.45, 2.75) is 82.6 Å². The number of nitrogens with zero attached hydrogens (tertiary/aromatic N) is 2. The molecule has 190 valence electrons. The largest absolute Gasteiger partial charge is 0.483 e. The quantitative estimate of drug-likeness (QED) is 0.534. The molecule has 2 bridgehead atoms. The molecular formula is C24H43N3O6. The Labute approximate surface area is 197 Å². The van der Waals surface area contributed by atoms with Crippen molar-refractivity contribution in [3.63, 3.8) is 0 Å². The van der Waals surface area contributed by atoms with Crippen LogP contribution in [0.25, 0.3) is 0 Å². The lowest BCUT2D eigenvalue weighted by Crippen LogP contribution is -2.58. The Morgan fingerprint density at radius 1 is 1.12 bits per heavy atom. The van der Waals surface area contributed by atoms with E-state index in [2.05, 4.69) is 56.9 Å². The van der Waals surface area contributed by atoms with Gasteiger partial charge < -0.3 is 30.1 Å². The summed E-state index contributed by atoms with van der Waals surface area (Å²) < 4.78 is 6.50. The molecule has 4 aliphatic rings. The predicted octanol–water partition coefficient (Wildman–Crippen LogP) is 1.90. The van der Waals surface area contributed by atoms with Gasteiger partial charge in [0.1, 0.15) is 0 Å². The summed E-state index contributed by atoms with van der Waals surface area (Å²) in [6.45, 7) is 11.4. The number of carboxylic acid groups (broad SMARTS) is 2. The monoisotopic (exact) mass is 469 g/mol. The summed E-state index contributed by atoms with van der Waals surface area (Å²) in [6, 6.07) is 0. The van der Waals surface area contributed by atoms with E-state index in [1.54, 1.807) is 0 Å². The van der Waals surface area contributed by atoms with Crippen molar-refractivity contribution in [2.24, 2.45) is 17.8 Å². The van der Waals surface area contributed by atoms with E-state index in [9.17, 15) is 4.79 Å². The molecule has 4 aliphatic heterocycles. The van der Waals surface area contributed by atoms with E-state index in [-0.39, 0.29) is 29.6 Å². The molecule has 4 saturated heterocycles. The van der Waals surface area contributed by atoms with Gasteiger partial charge in [0.15, 0.2) is 0 Å². The number of fused-ring (bicyclic) bond motifs is 1. The third-order valence-corrected chi connectivity index (χ3v) is 7.45. The van der Waals surface area contributed by atoms with Gasteiger partial charge in [-0.15, -0.1) is 0 Å². The standard InChI is InChI=1S/C22H39N3O2.2CH2O2/c1-20(2)10-15(11-21(3,4)23-20)9-19(26)25-13-17-16(12-24(5)6)18-7-8-22(17,14-25)27-18;2*2-1-3/h15-18,23H,7-14H2,1-6H3;2*1H,(H,2,3)/t16-,17+,18+,22+;;/m0../s1. The zero-order valence-corrected chi connectivity index (χ0v) is 21.0. The van der Waals surface area contributed by atoms with Crippen LogP contribution in [0.5, 0.6) is 0 Å². The lowest BCUT2D eigenvalue weighted by atomic mass is 9.73. The zero-order valence-electron chi connectivity index (χ0n) is 21.0. The smallest absolute Gasteiger partial charge is 0.290 e. The number of amides is 1. The van der Waals surface area contributed by atoms with Gasteiger partial charge in [0, 0.05) is 42.4 Å². The molecule has 4 atom stereocenters. The second-order valence-electron chi connectivity index (χ2n) is 11.6. The van der Waals surface area contributed by atoms with E-state index in [4.69, 9.17) is 24.5 Å². The van der Waals surface area contributed by atoms with Crippen LogP contribution >= 0.6 is 0 Å². The number of ether oxygens (including phenoxy) is 1. The van der Waals surface area contributed by atoms with Crippen molar-refractivity contribution < 1.29 is 29.3 Å². The lowest BCUT2D eigenvalue weighted by Gasteiger charge is -2.46. The summed E-state index contributed by atoms with van der Waals surface area (Å²) in [5.74, 6) is 1.94. The Kier molecular flexibility index (Phi) is 8.92. The number of hydrogen-bond donors (Lipinski definition) is 3. The van der Waals surface area contributed by atoms with E-state index in [0.717, 1.165) is 38.9 Å². The first-order valence-corrected chi connectivity index (χ1v) is 11.9. The second-order valence-corrected chi connectivity index (χ2v) is 11.6. The highest BCUT2D eigenvalue weighted by molar-refractivity contribution is 5.77. The number of nitrogens with one attached hydrogen (secondary N) is 1. The van der Waals surface area contributed by atoms with Crippen LogP contribution in [0.15, 0.2) is 0 Å². The lowest BCUT2D eigenvalue weighted by molar-refractivity contribution is -0.133. The molecule has 0 unspecified atom stereocenters. The molecular weight excluding hydrogens is 426 g/mol. The Morgan fingerprint density at radius 3 is 2.18 bits per heavy atom. The molecule has 3 N–H and O–H groups in total. The van der Waals surface area contributed by atoms with E-state index in [1.165, 1.54) is 6.42 Å². The average Bonchev–Trinajstić information content (AvgIpc) is 3.30. The Morgan fingerprint density at radius 2 is 1.67 bits per heavy atom. The van der Waals surface area contributed by atoms with Crippen molar-refractivity contribution in [2.75, 3.05) is 33.7 Å². The minimum atomic E-state index is -0.250. The fourth-order valence-corrected chi connectivity index (χ4v) is 7.10. The summed E-state index contributed by atoms with van der Waals surface area (Å²) in [5, 5.41) is 17.5. The van der Waals surface area contributed by atoms with Gasteiger partial charge in [-0.2, -0.15) is 0 Å². The van der Waals surface area contributed by atoms with Crippen LogP contribution in [0.2, 0.25) is 0 Å². The zero-order chi connectivity index (χ0) is 25.0. The fourth-order valence-electron chi connectivity index (χ4n) is 7.10. The van der Waals surface area contributed by atoms with Gasteiger partial charge in [0.2, 0.25) is 5.91 Å². The molecule has 0 aliphatic carbocycles. The maximum absolute atomic E-state index is 13.2. The van der Waals surface area contributed by atoms with Crippen LogP contribution in [0, 0.1) is 17.8 Å². The number of rotatable bonds is 4. The van der Waals surface area contributed by atoms with Gasteiger partial charge in [0.05, 0.1) is 18.2 Å². The summed E-state index contributed by atoms with van der Waals surface area (Å²) >= 11 is 0. The topological polar surface area (TPSA) is 119 Å². The molecule has 4 rings (SSSR count). The van der Waals surface area contributed by atoms with E-state index in [0.29, 0.717) is 36.2 Å². The van der Waals surface area contributed by atoms with Gasteiger partial charge in [-0.05, 0) is 73.4 Å². The van der Waals surface area contributed by atoms with Gasteiger partial charge in [-0.25, -0.2) is 0 Å². The SMILES string of the molecule is CN(C)C[C@H]1[C@H]2CN(C(=O)CC3CC(C)(C)NC(C)(C)C3)C[C@]23CC[C@H]1O3.O=CO.O=CO. The molecule has 0 saturated carbocycles. The maximum Gasteiger partial charge on any atom is 0.290 e. The van der Waals surface area contributed by atoms with E-state index >= 15 is 0 Å². The number of piperidine rings is 1. The summed E-state index contributed by atoms with van der Waals surface area (Å²) in [4.78, 5) is 34.4. The fraction of sp³-hybridized carbons (Fsp3) is 0.875. The van der Waals surface area contributed by atoms with Crippen molar-refractivity contribution in [1.29, 1.82) is 0 Å². The maximum atomic E-state index is 13.2. The molecule has 0 aromatic heterocycles. The first kappa shape index (κ1) is 27.5. The highest BCUT2D eigenvalue weighted by Gasteiger charge is 2.63. The Bertz CT molecular complexity index is 676. The third kappa shape index (κ3) is 6.67. The minimum Gasteiger partial charge on any atom is -0.483 e. The van der Waals surface area contributed by atoms with E-state index < -0.39 is 0 Å². The van der Waals surface area contributed by atoms with Crippen LogP contribution in [0.4, 0.5) is 0 Å². The van der Waals surface area contributed by atoms with Gasteiger partial charge in [0.25, 0.3) is 12.9 Å². The molecule has 1 amide bonds. The number of hydrogen-bond acceptors (Lipinski definition) is 6. The molecule has 4 heterocycles. The average molecular weight is 470 g/mol. The Balaban J connectivity index is 0.000000582. The molecule has 4 fully saturated rings. The van der Waals surface area contributed by atoms with Gasteiger partial charge in [-0.1, -0.05) is 0 Å². The van der Waals surface area contributed by atoms with Crippen molar-refractivity contribution in [3.8, 4) is 0 Å². The molecule has 33 heavy (non-hydrogen) atoms. The van der Waals surface area contributed by atoms with Crippen LogP contribution < -0.4 is 5.32 Å². The molecule has 0 aromatic rings. The molecule has 1 spiro atoms. The number of carbonyl (C=O) groups is 3. The summed E-state index contributed by atoms with van der Waals surface area (Å²) in [5.41, 5.74) is 0.171. The minimum absolute atomic E-state index is 0.0341. The van der Waals surface area contributed by atoms with Crippen LogP contribution in [0.3, 0.4) is 0 Å². The molecule has 0 radical (unpaired) electrons. The van der Waals surface area contributed by atoms with Crippen LogP contribution in [-0.4, -0.2) is 95.4 Å². The molecule has 9 heteroatoms. The van der Waals surface area contributed by atoms with Crippen LogP contribution in [0.1, 0.15) is 59.8 Å². The second kappa shape index (κ2) is 10.7. The molecule has 9 nitrogen and oxygen atoms in total. The van der Waals surface area contributed by atoms with Crippen molar-refractivity contribution >= 4 is 18.9 Å². The molecule has 0 aromatic carbocycles. The van der Waals surface area contributed by atoms with E-state index in [1.807, 2.05) is 0 Å². The normalized spacial score (nSPS) is 33.4. The van der Waals surface area contributed by atoms with Gasteiger partial charge in [-0.3, -0.25) is 14.4 Å². The Hall–Kier alpha value is -1.71. The summed E-state index contributed by atoms with van der Waals surface area (Å²) in [7, 11) is 4.30. The van der Waals surface area contributed by atoms with Crippen LogP contribution in [-0.2, 0) is 19.1 Å². The predicted molar refractivity (Wildman–Crippen MR) is 125 cm³/mol.